The average molecular weight is 450 g/mol. The zero-order valence-corrected chi connectivity index (χ0v) is 17.7. The van der Waals surface area contributed by atoms with Gasteiger partial charge in [0.25, 0.3) is 5.91 Å². The average Bonchev–Trinajstić information content (AvgIpc) is 3.23. The monoisotopic (exact) mass is 450 g/mol. The largest absolute Gasteiger partial charge is 0.366 e. The van der Waals surface area contributed by atoms with E-state index in [4.69, 9.17) is 5.73 Å². The van der Waals surface area contributed by atoms with Gasteiger partial charge in [0, 0.05) is 5.92 Å². The number of amides is 1. The number of rotatable bonds is 7. The zero-order chi connectivity index (χ0) is 22.9. The van der Waals surface area contributed by atoms with Crippen LogP contribution in [0.1, 0.15) is 51.8 Å². The summed E-state index contributed by atoms with van der Waals surface area (Å²) in [6.07, 6.45) is 0. The van der Waals surface area contributed by atoms with Crippen molar-refractivity contribution in [1.82, 2.24) is 25.3 Å². The van der Waals surface area contributed by atoms with E-state index in [-0.39, 0.29) is 11.4 Å². The van der Waals surface area contributed by atoms with Gasteiger partial charge in [-0.1, -0.05) is 18.2 Å². The molecule has 1 aromatic heterocycles. The van der Waals surface area contributed by atoms with Crippen LogP contribution in [0.5, 0.6) is 0 Å². The number of carbonyl (C=O) groups excluding carboxylic acids is 1. The van der Waals surface area contributed by atoms with Crippen molar-refractivity contribution < 1.29 is 22.0 Å². The fourth-order valence-electron chi connectivity index (χ4n) is 3.31. The summed E-state index contributed by atoms with van der Waals surface area (Å²) in [7, 11) is -4.32. The Morgan fingerprint density at radius 1 is 1.16 bits per heavy atom. The van der Waals surface area contributed by atoms with Crippen LogP contribution in [0.3, 0.4) is 0 Å². The van der Waals surface area contributed by atoms with Gasteiger partial charge in [-0.05, 0) is 54.8 Å². The summed E-state index contributed by atoms with van der Waals surface area (Å²) in [5.41, 5.74) is 6.29. The third-order valence-corrected chi connectivity index (χ3v) is 6.56. The van der Waals surface area contributed by atoms with Crippen molar-refractivity contribution in [3.63, 3.8) is 0 Å². The lowest BCUT2D eigenvalue weighted by Gasteiger charge is -2.25. The Balaban J connectivity index is 2.07. The molecule has 2 atom stereocenters. The topological polar surface area (TPSA) is 144 Å². The van der Waals surface area contributed by atoms with Crippen molar-refractivity contribution in [2.45, 2.75) is 37.6 Å². The fraction of sp³-hybridized carbons (Fsp3) is 0.263. The lowest BCUT2D eigenvalue weighted by Crippen LogP contribution is -2.33. The maximum Gasteiger partial charge on any atom is 0.251 e. The van der Waals surface area contributed by atoms with Crippen LogP contribution in [0.2, 0.25) is 0 Å². The minimum Gasteiger partial charge on any atom is -0.366 e. The summed E-state index contributed by atoms with van der Waals surface area (Å²) < 4.78 is 56.9. The molecule has 0 spiro atoms. The molecule has 3 aromatic rings. The number of aromatic nitrogens is 4. The highest BCUT2D eigenvalue weighted by atomic mass is 32.2. The van der Waals surface area contributed by atoms with E-state index in [1.165, 1.54) is 6.07 Å². The van der Waals surface area contributed by atoms with Gasteiger partial charge in [-0.15, -0.1) is 10.2 Å². The summed E-state index contributed by atoms with van der Waals surface area (Å²) in [5, 5.41) is 13.4. The first-order valence-corrected chi connectivity index (χ1v) is 10.6. The van der Waals surface area contributed by atoms with Crippen LogP contribution in [0.25, 0.3) is 0 Å². The molecular weight excluding hydrogens is 430 g/mol. The van der Waals surface area contributed by atoms with Crippen LogP contribution in [0.4, 0.5) is 8.78 Å². The number of H-pyrrole nitrogens is 1. The number of aromatic amines is 1. The van der Waals surface area contributed by atoms with Gasteiger partial charge in [-0.2, -0.15) is 9.94 Å². The molecule has 3 rings (SSSR count). The first kappa shape index (κ1) is 22.4. The Morgan fingerprint density at radius 3 is 2.45 bits per heavy atom. The minimum atomic E-state index is -4.32. The first-order chi connectivity index (χ1) is 14.5. The molecule has 1 amide bonds. The fourth-order valence-corrected chi connectivity index (χ4v) is 4.61. The SMILES string of the molecule is Cc1ccc(F)c([C@@H](C)[C@H](NS(=O)(=O)c2ccc(F)c(C(N)=O)c2)c2nn[nH]n2)c1C. The lowest BCUT2D eigenvalue weighted by atomic mass is 9.88. The molecule has 0 fully saturated rings. The van der Waals surface area contributed by atoms with Crippen LogP contribution >= 0.6 is 0 Å². The van der Waals surface area contributed by atoms with Crippen molar-refractivity contribution in [1.29, 1.82) is 0 Å². The van der Waals surface area contributed by atoms with E-state index in [1.54, 1.807) is 19.9 Å². The molecule has 4 N–H and O–H groups in total. The molecule has 31 heavy (non-hydrogen) atoms. The van der Waals surface area contributed by atoms with Crippen molar-refractivity contribution in [2.24, 2.45) is 5.73 Å². The highest BCUT2D eigenvalue weighted by Crippen LogP contribution is 2.34. The molecule has 12 heteroatoms. The smallest absolute Gasteiger partial charge is 0.251 e. The van der Waals surface area contributed by atoms with Crippen LogP contribution < -0.4 is 10.5 Å². The van der Waals surface area contributed by atoms with Gasteiger partial charge in [-0.25, -0.2) is 17.2 Å². The predicted octanol–water partition coefficient (Wildman–Crippen LogP) is 2.02. The maximum atomic E-state index is 14.7. The number of hydrogen-bond donors (Lipinski definition) is 3. The Kier molecular flexibility index (Phi) is 6.13. The number of nitrogens with one attached hydrogen (secondary N) is 2. The Morgan fingerprint density at radius 2 is 1.84 bits per heavy atom. The summed E-state index contributed by atoms with van der Waals surface area (Å²) in [6.45, 7) is 5.15. The standard InChI is InChI=1S/C19H20F2N6O3S/c1-9-4-6-15(21)16(10(9)2)11(3)17(19-23-26-27-24-19)25-31(29,30)12-5-7-14(20)13(8-12)18(22)28/h4-8,11,17,25H,1-3H3,(H2,22,28)(H,23,24,26,27)/t11-,17+/m1/s1. The number of primary amides is 1. The molecule has 0 aliphatic rings. The molecule has 0 aliphatic heterocycles. The molecule has 9 nitrogen and oxygen atoms in total. The molecule has 164 valence electrons. The number of hydrogen-bond acceptors (Lipinski definition) is 6. The number of halogens is 2. The normalized spacial score (nSPS) is 13.7. The van der Waals surface area contributed by atoms with Gasteiger partial charge in [0.1, 0.15) is 11.6 Å². The van der Waals surface area contributed by atoms with Gasteiger partial charge in [-0.3, -0.25) is 4.79 Å². The van der Waals surface area contributed by atoms with E-state index in [1.807, 2.05) is 6.92 Å². The molecule has 0 saturated carbocycles. The molecule has 0 aliphatic carbocycles. The summed E-state index contributed by atoms with van der Waals surface area (Å²) in [6, 6.07) is 4.44. The van der Waals surface area contributed by atoms with E-state index >= 15 is 0 Å². The predicted molar refractivity (Wildman–Crippen MR) is 106 cm³/mol. The second-order valence-electron chi connectivity index (χ2n) is 7.07. The van der Waals surface area contributed by atoms with Crippen molar-refractivity contribution >= 4 is 15.9 Å². The van der Waals surface area contributed by atoms with Crippen molar-refractivity contribution in [3.05, 3.63) is 70.0 Å². The molecule has 0 saturated heterocycles. The van der Waals surface area contributed by atoms with Gasteiger partial charge in [0.15, 0.2) is 5.82 Å². The van der Waals surface area contributed by atoms with Gasteiger partial charge in [0.2, 0.25) is 10.0 Å². The molecule has 0 unspecified atom stereocenters. The number of tetrazole rings is 1. The highest BCUT2D eigenvalue weighted by Gasteiger charge is 2.33. The zero-order valence-electron chi connectivity index (χ0n) is 16.8. The lowest BCUT2D eigenvalue weighted by molar-refractivity contribution is 0.0996. The van der Waals surface area contributed by atoms with E-state index in [0.29, 0.717) is 5.56 Å². The highest BCUT2D eigenvalue weighted by molar-refractivity contribution is 7.89. The molecule has 0 bridgehead atoms. The second-order valence-corrected chi connectivity index (χ2v) is 8.78. The van der Waals surface area contributed by atoms with Crippen LogP contribution in [0, 0.1) is 25.5 Å². The Labute approximate surface area is 177 Å². The van der Waals surface area contributed by atoms with E-state index in [9.17, 15) is 22.0 Å². The minimum absolute atomic E-state index is 0.0198. The van der Waals surface area contributed by atoms with Gasteiger partial charge < -0.3 is 5.73 Å². The summed E-state index contributed by atoms with van der Waals surface area (Å²) >= 11 is 0. The second kappa shape index (κ2) is 8.47. The summed E-state index contributed by atoms with van der Waals surface area (Å²) in [4.78, 5) is 11.0. The molecule has 1 heterocycles. The third-order valence-electron chi connectivity index (χ3n) is 5.12. The molecule has 2 aromatic carbocycles. The Bertz CT molecular complexity index is 1230. The number of nitrogens with two attached hydrogens (primary N) is 1. The number of nitrogens with zero attached hydrogens (tertiary/aromatic N) is 3. The van der Waals surface area contributed by atoms with Crippen molar-refractivity contribution in [2.75, 3.05) is 0 Å². The van der Waals surface area contributed by atoms with Crippen LogP contribution in [-0.2, 0) is 10.0 Å². The van der Waals surface area contributed by atoms with E-state index in [0.717, 1.165) is 23.8 Å². The Hall–Kier alpha value is -3.25. The number of benzene rings is 2. The maximum absolute atomic E-state index is 14.7. The van der Waals surface area contributed by atoms with Gasteiger partial charge >= 0.3 is 0 Å². The van der Waals surface area contributed by atoms with E-state index < -0.39 is 50.0 Å². The summed E-state index contributed by atoms with van der Waals surface area (Å²) in [5.74, 6) is -3.35. The molecular formula is C19H20F2N6O3S. The number of sulfonamides is 1. The van der Waals surface area contributed by atoms with Gasteiger partial charge in [0.05, 0.1) is 16.5 Å². The first-order valence-electron chi connectivity index (χ1n) is 9.13. The van der Waals surface area contributed by atoms with Crippen LogP contribution in [0.15, 0.2) is 35.2 Å². The van der Waals surface area contributed by atoms with E-state index in [2.05, 4.69) is 25.3 Å². The number of aryl methyl sites for hydroxylation is 1. The van der Waals surface area contributed by atoms with Crippen LogP contribution in [-0.4, -0.2) is 34.9 Å². The molecule has 0 radical (unpaired) electrons. The third kappa shape index (κ3) is 4.44. The quantitative estimate of drug-likeness (QED) is 0.502. The number of carbonyl (C=O) groups is 1. The van der Waals surface area contributed by atoms with Crippen molar-refractivity contribution in [3.8, 4) is 0 Å².